The molecule has 0 spiro atoms. The van der Waals surface area contributed by atoms with Crippen LogP contribution in [0.3, 0.4) is 0 Å². The molecule has 6 nitrogen and oxygen atoms in total. The van der Waals surface area contributed by atoms with Gasteiger partial charge in [-0.1, -0.05) is 13.8 Å². The number of rotatable bonds is 8. The number of halogens is 1. The highest BCUT2D eigenvalue weighted by Crippen LogP contribution is 2.36. The maximum absolute atomic E-state index is 14.2. The van der Waals surface area contributed by atoms with Crippen molar-refractivity contribution in [2.75, 3.05) is 40.5 Å². The Morgan fingerprint density at radius 2 is 2.07 bits per heavy atom. The van der Waals surface area contributed by atoms with Crippen molar-refractivity contribution in [2.24, 2.45) is 5.92 Å². The van der Waals surface area contributed by atoms with Crippen LogP contribution in [0.4, 0.5) is 4.39 Å². The molecule has 0 bridgehead atoms. The topological polar surface area (TPSA) is 71.6 Å². The van der Waals surface area contributed by atoms with Crippen molar-refractivity contribution < 1.29 is 23.5 Å². The number of carbonyl (C=O) groups is 2. The van der Waals surface area contributed by atoms with Crippen molar-refractivity contribution in [3.8, 4) is 0 Å². The van der Waals surface area contributed by atoms with Crippen molar-refractivity contribution in [1.82, 2.24) is 9.88 Å². The van der Waals surface area contributed by atoms with Crippen molar-refractivity contribution in [1.29, 1.82) is 0 Å². The summed E-state index contributed by atoms with van der Waals surface area (Å²) in [6, 6.07) is 2.49. The van der Waals surface area contributed by atoms with Crippen LogP contribution >= 0.6 is 0 Å². The van der Waals surface area contributed by atoms with Gasteiger partial charge in [-0.15, -0.1) is 0 Å². The second kappa shape index (κ2) is 9.05. The number of nitrogens with zero attached hydrogens (tertiary/aromatic N) is 1. The number of aromatic nitrogens is 1. The minimum Gasteiger partial charge on any atom is -0.465 e. The molecule has 0 radical (unpaired) electrons. The number of ketones is 1. The van der Waals surface area contributed by atoms with Crippen molar-refractivity contribution in [3.05, 3.63) is 34.8 Å². The first-order valence-electron chi connectivity index (χ1n) is 10.0. The summed E-state index contributed by atoms with van der Waals surface area (Å²) in [7, 11) is 2.93. The number of esters is 1. The molecule has 1 atom stereocenters. The summed E-state index contributed by atoms with van der Waals surface area (Å²) in [5.41, 5.74) is 1.85. The predicted molar refractivity (Wildman–Crippen MR) is 109 cm³/mol. The van der Waals surface area contributed by atoms with E-state index in [4.69, 9.17) is 9.47 Å². The number of benzene rings is 1. The van der Waals surface area contributed by atoms with Gasteiger partial charge in [-0.2, -0.15) is 0 Å². The van der Waals surface area contributed by atoms with Crippen molar-refractivity contribution in [3.63, 3.8) is 0 Å². The van der Waals surface area contributed by atoms with E-state index in [-0.39, 0.29) is 23.2 Å². The fourth-order valence-electron chi connectivity index (χ4n) is 4.15. The molecule has 1 aliphatic heterocycles. The van der Waals surface area contributed by atoms with Crippen molar-refractivity contribution in [2.45, 2.75) is 32.6 Å². The van der Waals surface area contributed by atoms with Crippen LogP contribution < -0.4 is 0 Å². The highest BCUT2D eigenvalue weighted by atomic mass is 19.1. The molecule has 158 valence electrons. The molecule has 0 aliphatic carbocycles. The number of aromatic amines is 1. The molecule has 0 amide bonds. The quantitative estimate of drug-likeness (QED) is 0.536. The zero-order valence-corrected chi connectivity index (χ0v) is 17.5. The van der Waals surface area contributed by atoms with Crippen LogP contribution in [-0.2, 0) is 9.47 Å². The van der Waals surface area contributed by atoms with Crippen LogP contribution in [0.25, 0.3) is 10.9 Å². The third-order valence-corrected chi connectivity index (χ3v) is 5.46. The standard InChI is InChI=1S/C22H29FN2O4/c1-13(2)9-18(26)20-19-16(22(27)29-4)10-15(23)11-17(19)24-21(20)14-5-6-25(12-14)7-8-28-3/h10-11,13-14,24H,5-9,12H2,1-4H3. The van der Waals surface area contributed by atoms with E-state index in [1.807, 2.05) is 13.8 Å². The van der Waals surface area contributed by atoms with Gasteiger partial charge in [0.05, 0.1) is 24.8 Å². The van der Waals surface area contributed by atoms with Crippen LogP contribution in [0.1, 0.15) is 59.0 Å². The summed E-state index contributed by atoms with van der Waals surface area (Å²) >= 11 is 0. The van der Waals surface area contributed by atoms with Gasteiger partial charge in [0, 0.05) is 49.2 Å². The predicted octanol–water partition coefficient (Wildman–Crippen LogP) is 3.76. The van der Waals surface area contributed by atoms with Gasteiger partial charge in [0.15, 0.2) is 5.78 Å². The number of hydrogen-bond acceptors (Lipinski definition) is 5. The van der Waals surface area contributed by atoms with Crippen LogP contribution in [-0.4, -0.2) is 62.1 Å². The molecular weight excluding hydrogens is 375 g/mol. The minimum atomic E-state index is -0.646. The van der Waals surface area contributed by atoms with Gasteiger partial charge in [-0.3, -0.25) is 4.79 Å². The number of fused-ring (bicyclic) bond motifs is 1. The second-order valence-corrected chi connectivity index (χ2v) is 8.08. The molecule has 2 aromatic rings. The highest BCUT2D eigenvalue weighted by molar-refractivity contribution is 6.16. The largest absolute Gasteiger partial charge is 0.465 e. The van der Waals surface area contributed by atoms with E-state index in [1.54, 1.807) is 7.11 Å². The number of nitrogens with one attached hydrogen (secondary N) is 1. The Morgan fingerprint density at radius 3 is 2.72 bits per heavy atom. The van der Waals surface area contributed by atoms with E-state index in [1.165, 1.54) is 13.2 Å². The maximum Gasteiger partial charge on any atom is 0.338 e. The van der Waals surface area contributed by atoms with Gasteiger partial charge in [0.1, 0.15) is 5.82 Å². The molecule has 3 rings (SSSR count). The minimum absolute atomic E-state index is 0.0339. The Bertz CT molecular complexity index is 906. The summed E-state index contributed by atoms with van der Waals surface area (Å²) < 4.78 is 24.2. The fourth-order valence-corrected chi connectivity index (χ4v) is 4.15. The Balaban J connectivity index is 2.11. The van der Waals surface area contributed by atoms with Crippen LogP contribution in [0.15, 0.2) is 12.1 Å². The number of H-pyrrole nitrogens is 1. The average molecular weight is 404 g/mol. The van der Waals surface area contributed by atoms with Crippen LogP contribution in [0.5, 0.6) is 0 Å². The number of carbonyl (C=O) groups excluding carboxylic acids is 2. The summed E-state index contributed by atoms with van der Waals surface area (Å²) in [6.45, 7) is 7.12. The van der Waals surface area contributed by atoms with E-state index >= 15 is 0 Å². The Kier molecular flexibility index (Phi) is 6.70. The summed E-state index contributed by atoms with van der Waals surface area (Å²) in [6.07, 6.45) is 1.24. The smallest absolute Gasteiger partial charge is 0.338 e. The molecule has 1 aliphatic rings. The molecule has 1 unspecified atom stereocenters. The molecule has 1 saturated heterocycles. The van der Waals surface area contributed by atoms with E-state index in [2.05, 4.69) is 9.88 Å². The first-order valence-corrected chi connectivity index (χ1v) is 10.0. The molecule has 1 aromatic heterocycles. The third-order valence-electron chi connectivity index (χ3n) is 5.46. The monoisotopic (exact) mass is 404 g/mol. The molecular formula is C22H29FN2O4. The molecule has 29 heavy (non-hydrogen) atoms. The normalized spacial score (nSPS) is 17.4. The SMILES string of the molecule is COCCN1CCC(c2[nH]c3cc(F)cc(C(=O)OC)c3c2C(=O)CC(C)C)C1. The lowest BCUT2D eigenvalue weighted by molar-refractivity contribution is 0.0602. The summed E-state index contributed by atoms with van der Waals surface area (Å²) in [5.74, 6) is -0.940. The molecule has 7 heteroatoms. The number of hydrogen-bond donors (Lipinski definition) is 1. The van der Waals surface area contributed by atoms with Crippen LogP contribution in [0.2, 0.25) is 0 Å². The Labute approximate surface area is 170 Å². The van der Waals surface area contributed by atoms with Gasteiger partial charge in [0.25, 0.3) is 0 Å². The first-order chi connectivity index (χ1) is 13.8. The van der Waals surface area contributed by atoms with E-state index in [0.717, 1.165) is 37.8 Å². The van der Waals surface area contributed by atoms with Gasteiger partial charge in [-0.05, 0) is 31.0 Å². The zero-order valence-electron chi connectivity index (χ0n) is 17.5. The highest BCUT2D eigenvalue weighted by Gasteiger charge is 2.32. The van der Waals surface area contributed by atoms with Crippen molar-refractivity contribution >= 4 is 22.7 Å². The lowest BCUT2D eigenvalue weighted by atomic mass is 9.92. The molecule has 2 heterocycles. The zero-order chi connectivity index (χ0) is 21.1. The summed E-state index contributed by atoms with van der Waals surface area (Å²) in [5, 5.41) is 0.467. The van der Waals surface area contributed by atoms with Gasteiger partial charge < -0.3 is 19.4 Å². The Hall–Kier alpha value is -2.25. The molecule has 1 N–H and O–H groups in total. The second-order valence-electron chi connectivity index (χ2n) is 8.08. The summed E-state index contributed by atoms with van der Waals surface area (Å²) in [4.78, 5) is 31.1. The fraction of sp³-hybridized carbons (Fsp3) is 0.545. The number of likely N-dealkylation sites (tertiary alicyclic amines) is 1. The van der Waals surface area contributed by atoms with Gasteiger partial charge in [-0.25, -0.2) is 9.18 Å². The van der Waals surface area contributed by atoms with E-state index in [0.29, 0.717) is 29.5 Å². The number of ether oxygens (including phenoxy) is 2. The molecule has 1 aromatic carbocycles. The number of Topliss-reactive ketones (excluding diaryl/α,β-unsaturated/α-hetero) is 1. The van der Waals surface area contributed by atoms with Gasteiger partial charge in [0.2, 0.25) is 0 Å². The number of methoxy groups -OCH3 is 2. The lowest BCUT2D eigenvalue weighted by Crippen LogP contribution is -2.24. The molecule has 1 fully saturated rings. The lowest BCUT2D eigenvalue weighted by Gasteiger charge is -2.16. The van der Waals surface area contributed by atoms with Gasteiger partial charge >= 0.3 is 5.97 Å². The van der Waals surface area contributed by atoms with E-state index < -0.39 is 11.8 Å². The third kappa shape index (κ3) is 4.51. The van der Waals surface area contributed by atoms with E-state index in [9.17, 15) is 14.0 Å². The molecule has 0 saturated carbocycles. The Morgan fingerprint density at radius 1 is 1.31 bits per heavy atom. The van der Waals surface area contributed by atoms with Crippen LogP contribution in [0, 0.1) is 11.7 Å². The average Bonchev–Trinajstić information content (AvgIpc) is 3.28. The maximum atomic E-state index is 14.2. The first kappa shape index (κ1) is 21.5.